The smallest absolute Gasteiger partial charge is 0.256 e. The number of sulfonamides is 1. The molecule has 0 aliphatic heterocycles. The van der Waals surface area contributed by atoms with Gasteiger partial charge in [0.25, 0.3) is 5.91 Å². The summed E-state index contributed by atoms with van der Waals surface area (Å²) in [4.78, 5) is 12.6. The first-order chi connectivity index (χ1) is 12.7. The number of carbonyl (C=O) groups is 1. The molecule has 3 aromatic rings. The minimum atomic E-state index is -3.93. The summed E-state index contributed by atoms with van der Waals surface area (Å²) in [5.41, 5.74) is 3.92. The van der Waals surface area contributed by atoms with Crippen LogP contribution in [-0.2, 0) is 10.0 Å². The Balaban J connectivity index is 1.93. The van der Waals surface area contributed by atoms with Gasteiger partial charge >= 0.3 is 0 Å². The highest BCUT2D eigenvalue weighted by molar-refractivity contribution is 7.89. The van der Waals surface area contributed by atoms with Gasteiger partial charge in [-0.15, -0.1) is 0 Å². The Bertz CT molecular complexity index is 1120. The lowest BCUT2D eigenvalue weighted by Gasteiger charge is -2.10. The molecule has 0 atom stereocenters. The van der Waals surface area contributed by atoms with Crippen molar-refractivity contribution in [1.29, 1.82) is 0 Å². The Morgan fingerprint density at radius 3 is 2.37 bits per heavy atom. The molecule has 0 saturated carbocycles. The molecule has 140 valence electrons. The number of hydrogen-bond donors (Lipinski definition) is 3. The average molecular weight is 384 g/mol. The Morgan fingerprint density at radius 2 is 1.74 bits per heavy atom. The SMILES string of the molecule is Cc1cc(C(=O)Nc2n[nH]c(-c3ccccc3)c2C)cc(S(N)(=O)=O)c1C. The van der Waals surface area contributed by atoms with E-state index < -0.39 is 15.9 Å². The van der Waals surface area contributed by atoms with Gasteiger partial charge in [-0.05, 0) is 49.6 Å². The van der Waals surface area contributed by atoms with Crippen LogP contribution >= 0.6 is 0 Å². The summed E-state index contributed by atoms with van der Waals surface area (Å²) in [5.74, 6) is -0.0774. The van der Waals surface area contributed by atoms with E-state index >= 15 is 0 Å². The zero-order chi connectivity index (χ0) is 19.8. The normalized spacial score (nSPS) is 11.4. The predicted octanol–water partition coefficient (Wildman–Crippen LogP) is 2.90. The van der Waals surface area contributed by atoms with E-state index in [1.54, 1.807) is 19.9 Å². The second kappa shape index (κ2) is 6.98. The second-order valence-electron chi connectivity index (χ2n) is 6.35. The monoisotopic (exact) mass is 384 g/mol. The van der Waals surface area contributed by atoms with Gasteiger partial charge in [0.05, 0.1) is 10.6 Å². The molecule has 0 radical (unpaired) electrons. The summed E-state index contributed by atoms with van der Waals surface area (Å²) in [6.07, 6.45) is 0. The Morgan fingerprint density at radius 1 is 1.07 bits per heavy atom. The minimum Gasteiger partial charge on any atom is -0.305 e. The van der Waals surface area contributed by atoms with Crippen LogP contribution in [0.3, 0.4) is 0 Å². The highest BCUT2D eigenvalue weighted by atomic mass is 32.2. The Kier molecular flexibility index (Phi) is 4.86. The van der Waals surface area contributed by atoms with Gasteiger partial charge < -0.3 is 5.32 Å². The fourth-order valence-corrected chi connectivity index (χ4v) is 3.72. The average Bonchev–Trinajstić information content (AvgIpc) is 2.97. The quantitative estimate of drug-likeness (QED) is 0.641. The van der Waals surface area contributed by atoms with E-state index in [0.29, 0.717) is 16.9 Å². The fraction of sp³-hybridized carbons (Fsp3) is 0.158. The number of H-pyrrole nitrogens is 1. The molecule has 3 rings (SSSR count). The number of amides is 1. The zero-order valence-electron chi connectivity index (χ0n) is 15.2. The van der Waals surface area contributed by atoms with Crippen molar-refractivity contribution in [3.63, 3.8) is 0 Å². The van der Waals surface area contributed by atoms with Crippen molar-refractivity contribution >= 4 is 21.7 Å². The van der Waals surface area contributed by atoms with Crippen LogP contribution in [0, 0.1) is 20.8 Å². The number of hydrogen-bond acceptors (Lipinski definition) is 4. The van der Waals surface area contributed by atoms with Crippen molar-refractivity contribution in [2.45, 2.75) is 25.7 Å². The summed E-state index contributed by atoms with van der Waals surface area (Å²) in [6, 6.07) is 12.5. The number of primary sulfonamides is 1. The number of aromatic nitrogens is 2. The van der Waals surface area contributed by atoms with Crippen LogP contribution in [0.2, 0.25) is 0 Å². The number of benzene rings is 2. The van der Waals surface area contributed by atoms with Gasteiger partial charge in [0, 0.05) is 11.1 Å². The van der Waals surface area contributed by atoms with Crippen LogP contribution < -0.4 is 10.5 Å². The van der Waals surface area contributed by atoms with Gasteiger partial charge in [0.2, 0.25) is 10.0 Å². The largest absolute Gasteiger partial charge is 0.305 e. The summed E-state index contributed by atoms with van der Waals surface area (Å²) < 4.78 is 23.6. The molecule has 0 saturated heterocycles. The molecule has 0 fully saturated rings. The maximum absolute atomic E-state index is 12.7. The summed E-state index contributed by atoms with van der Waals surface area (Å²) in [5, 5.41) is 15.1. The van der Waals surface area contributed by atoms with Crippen molar-refractivity contribution in [2.24, 2.45) is 5.14 Å². The number of nitrogens with two attached hydrogens (primary N) is 1. The molecule has 8 heteroatoms. The first-order valence-corrected chi connectivity index (χ1v) is 9.79. The van der Waals surface area contributed by atoms with Gasteiger partial charge in [0.1, 0.15) is 0 Å². The van der Waals surface area contributed by atoms with Crippen LogP contribution in [0.5, 0.6) is 0 Å². The highest BCUT2D eigenvalue weighted by Crippen LogP contribution is 2.26. The van der Waals surface area contributed by atoms with Crippen molar-refractivity contribution in [2.75, 3.05) is 5.32 Å². The summed E-state index contributed by atoms with van der Waals surface area (Å²) in [7, 11) is -3.93. The lowest BCUT2D eigenvalue weighted by Crippen LogP contribution is -2.18. The second-order valence-corrected chi connectivity index (χ2v) is 7.88. The van der Waals surface area contributed by atoms with E-state index in [4.69, 9.17) is 5.14 Å². The number of rotatable bonds is 4. The van der Waals surface area contributed by atoms with Crippen molar-refractivity contribution in [1.82, 2.24) is 10.2 Å². The van der Waals surface area contributed by atoms with E-state index in [1.165, 1.54) is 6.07 Å². The molecule has 1 aromatic heterocycles. The molecule has 0 aliphatic rings. The first kappa shape index (κ1) is 18.8. The fourth-order valence-electron chi connectivity index (χ4n) is 2.84. The van der Waals surface area contributed by atoms with E-state index in [-0.39, 0.29) is 10.5 Å². The van der Waals surface area contributed by atoms with Gasteiger partial charge in [0.15, 0.2) is 5.82 Å². The molecule has 1 heterocycles. The van der Waals surface area contributed by atoms with Crippen molar-refractivity contribution in [3.05, 3.63) is 64.7 Å². The molecule has 0 spiro atoms. The maximum Gasteiger partial charge on any atom is 0.256 e. The molecule has 2 aromatic carbocycles. The van der Waals surface area contributed by atoms with E-state index in [1.807, 2.05) is 37.3 Å². The number of anilines is 1. The van der Waals surface area contributed by atoms with Gasteiger partial charge in [-0.2, -0.15) is 5.10 Å². The van der Waals surface area contributed by atoms with Crippen LogP contribution in [-0.4, -0.2) is 24.5 Å². The lowest BCUT2D eigenvalue weighted by atomic mass is 10.1. The Hall–Kier alpha value is -2.97. The van der Waals surface area contributed by atoms with E-state index in [9.17, 15) is 13.2 Å². The van der Waals surface area contributed by atoms with Gasteiger partial charge in [-0.1, -0.05) is 30.3 Å². The molecule has 0 aliphatic carbocycles. The van der Waals surface area contributed by atoms with E-state index in [2.05, 4.69) is 15.5 Å². The third kappa shape index (κ3) is 3.76. The van der Waals surface area contributed by atoms with Gasteiger partial charge in [-0.3, -0.25) is 9.89 Å². The molecule has 27 heavy (non-hydrogen) atoms. The Labute approximate surface area is 157 Å². The molecule has 0 unspecified atom stereocenters. The maximum atomic E-state index is 12.7. The lowest BCUT2D eigenvalue weighted by molar-refractivity contribution is 0.102. The highest BCUT2D eigenvalue weighted by Gasteiger charge is 2.19. The molecular weight excluding hydrogens is 364 g/mol. The first-order valence-electron chi connectivity index (χ1n) is 8.24. The number of aryl methyl sites for hydroxylation is 1. The predicted molar refractivity (Wildman–Crippen MR) is 104 cm³/mol. The molecule has 0 bridgehead atoms. The molecule has 7 nitrogen and oxygen atoms in total. The number of carbonyl (C=O) groups excluding carboxylic acids is 1. The van der Waals surface area contributed by atoms with Gasteiger partial charge in [-0.25, -0.2) is 13.6 Å². The topological polar surface area (TPSA) is 118 Å². The van der Waals surface area contributed by atoms with Crippen LogP contribution in [0.15, 0.2) is 47.4 Å². The van der Waals surface area contributed by atoms with Crippen molar-refractivity contribution in [3.8, 4) is 11.3 Å². The molecule has 1 amide bonds. The van der Waals surface area contributed by atoms with Crippen LogP contribution in [0.25, 0.3) is 11.3 Å². The minimum absolute atomic E-state index is 0.0589. The zero-order valence-corrected chi connectivity index (χ0v) is 16.0. The van der Waals surface area contributed by atoms with E-state index in [0.717, 1.165) is 16.8 Å². The molecule has 4 N–H and O–H groups in total. The number of aromatic amines is 1. The van der Waals surface area contributed by atoms with Crippen LogP contribution in [0.1, 0.15) is 27.0 Å². The number of nitrogens with zero attached hydrogens (tertiary/aromatic N) is 1. The third-order valence-corrected chi connectivity index (χ3v) is 5.53. The third-order valence-electron chi connectivity index (χ3n) is 4.49. The summed E-state index contributed by atoms with van der Waals surface area (Å²) >= 11 is 0. The number of nitrogens with one attached hydrogen (secondary N) is 2. The van der Waals surface area contributed by atoms with Crippen molar-refractivity contribution < 1.29 is 13.2 Å². The molecular formula is C19H20N4O3S. The van der Waals surface area contributed by atoms with Crippen LogP contribution in [0.4, 0.5) is 5.82 Å². The standard InChI is InChI=1S/C19H20N4O3S/c1-11-9-15(10-16(12(11)2)27(20,25)26)19(24)21-18-13(3)17(22-23-18)14-7-5-4-6-8-14/h4-10H,1-3H3,(H2,20,25,26)(H2,21,22,23,24). The summed E-state index contributed by atoms with van der Waals surface area (Å²) in [6.45, 7) is 5.23.